The Hall–Kier alpha value is -3.19. The van der Waals surface area contributed by atoms with E-state index in [2.05, 4.69) is 4.98 Å². The van der Waals surface area contributed by atoms with Crippen LogP contribution in [0.2, 0.25) is 0 Å². The number of aromatic nitrogens is 1. The number of nitrogens with zero attached hydrogens (tertiary/aromatic N) is 1. The van der Waals surface area contributed by atoms with Crippen LogP contribution in [0.15, 0.2) is 54.2 Å². The molecule has 1 unspecified atom stereocenters. The zero-order valence-electron chi connectivity index (χ0n) is 14.8. The van der Waals surface area contributed by atoms with Gasteiger partial charge in [0.2, 0.25) is 0 Å². The van der Waals surface area contributed by atoms with Crippen molar-refractivity contribution < 1.29 is 28.9 Å². The first-order chi connectivity index (χ1) is 13.0. The molecule has 0 amide bonds. The number of hydrogen-bond donors (Lipinski definition) is 1. The topological polar surface area (TPSA) is 95.0 Å². The molecule has 1 N–H and O–H groups in total. The Morgan fingerprint density at radius 2 is 2.07 bits per heavy atom. The number of cyclic esters (lactones) is 1. The lowest BCUT2D eigenvalue weighted by molar-refractivity contribution is -0.154. The van der Waals surface area contributed by atoms with Crippen LogP contribution in [0, 0.1) is 0 Å². The standard InChI is InChI=1S/C20H19NO6/c1-25-17-7-5-14(6-8-17)18(23)26-13-20(12-22)11-15(19(24)27-20)10-16-4-2-3-9-21-16/h2-10,22H,11-13H2,1H3/b15-10+. The van der Waals surface area contributed by atoms with E-state index < -0.39 is 24.1 Å². The second-order valence-corrected chi connectivity index (χ2v) is 6.14. The summed E-state index contributed by atoms with van der Waals surface area (Å²) in [6.45, 7) is -0.714. The van der Waals surface area contributed by atoms with Gasteiger partial charge in [-0.2, -0.15) is 0 Å². The number of rotatable bonds is 6. The Balaban J connectivity index is 1.68. The number of methoxy groups -OCH3 is 1. The van der Waals surface area contributed by atoms with Gasteiger partial charge in [-0.15, -0.1) is 0 Å². The van der Waals surface area contributed by atoms with E-state index in [1.54, 1.807) is 54.7 Å². The first-order valence-electron chi connectivity index (χ1n) is 8.32. The smallest absolute Gasteiger partial charge is 0.338 e. The van der Waals surface area contributed by atoms with Crippen LogP contribution < -0.4 is 4.74 Å². The van der Waals surface area contributed by atoms with E-state index in [-0.39, 0.29) is 13.0 Å². The average Bonchev–Trinajstić information content (AvgIpc) is 3.03. The van der Waals surface area contributed by atoms with Gasteiger partial charge in [-0.3, -0.25) is 4.98 Å². The normalized spacial score (nSPS) is 20.4. The quantitative estimate of drug-likeness (QED) is 0.615. The molecule has 1 aliphatic heterocycles. The minimum absolute atomic E-state index is 0.120. The summed E-state index contributed by atoms with van der Waals surface area (Å²) in [5.41, 5.74) is 0.00828. The summed E-state index contributed by atoms with van der Waals surface area (Å²) in [4.78, 5) is 28.5. The Kier molecular flexibility index (Phi) is 5.52. The highest BCUT2D eigenvalue weighted by atomic mass is 16.6. The molecule has 1 aromatic heterocycles. The van der Waals surface area contributed by atoms with Crippen molar-refractivity contribution in [1.29, 1.82) is 0 Å². The molecule has 140 valence electrons. The number of aliphatic hydroxyl groups excluding tert-OH is 1. The minimum atomic E-state index is -1.29. The van der Waals surface area contributed by atoms with Crippen LogP contribution in [0.25, 0.3) is 6.08 Å². The van der Waals surface area contributed by atoms with Crippen molar-refractivity contribution >= 4 is 18.0 Å². The largest absolute Gasteiger partial charge is 0.497 e. The maximum atomic E-state index is 12.2. The molecule has 2 aromatic rings. The van der Waals surface area contributed by atoms with Gasteiger partial charge in [0.1, 0.15) is 12.4 Å². The van der Waals surface area contributed by atoms with Gasteiger partial charge in [-0.05, 0) is 42.5 Å². The zero-order valence-corrected chi connectivity index (χ0v) is 14.8. The van der Waals surface area contributed by atoms with Gasteiger partial charge in [-0.1, -0.05) is 6.07 Å². The highest BCUT2D eigenvalue weighted by molar-refractivity contribution is 5.96. The number of hydrogen-bond acceptors (Lipinski definition) is 7. The van der Waals surface area contributed by atoms with Crippen molar-refractivity contribution in [3.05, 3.63) is 65.5 Å². The fraction of sp³-hybridized carbons (Fsp3) is 0.250. The molecule has 1 saturated heterocycles. The SMILES string of the molecule is COc1ccc(C(=O)OCC2(CO)C/C(=C\c3ccccn3)C(=O)O2)cc1. The molecule has 1 fully saturated rings. The summed E-state index contributed by atoms with van der Waals surface area (Å²) < 4.78 is 15.6. The fourth-order valence-corrected chi connectivity index (χ4v) is 2.69. The second kappa shape index (κ2) is 8.01. The molecule has 0 saturated carbocycles. The maximum absolute atomic E-state index is 12.2. The van der Waals surface area contributed by atoms with Crippen LogP contribution in [0.4, 0.5) is 0 Å². The minimum Gasteiger partial charge on any atom is -0.497 e. The summed E-state index contributed by atoms with van der Waals surface area (Å²) in [5, 5.41) is 9.74. The Morgan fingerprint density at radius 3 is 2.70 bits per heavy atom. The number of pyridine rings is 1. The first kappa shape index (κ1) is 18.6. The third-order valence-electron chi connectivity index (χ3n) is 4.17. The van der Waals surface area contributed by atoms with Gasteiger partial charge in [0.15, 0.2) is 5.60 Å². The third-order valence-corrected chi connectivity index (χ3v) is 4.17. The van der Waals surface area contributed by atoms with Gasteiger partial charge in [0, 0.05) is 18.2 Å². The summed E-state index contributed by atoms with van der Waals surface area (Å²) in [5.74, 6) is -0.522. The molecule has 3 rings (SSSR count). The summed E-state index contributed by atoms with van der Waals surface area (Å²) in [6.07, 6.45) is 3.34. The van der Waals surface area contributed by atoms with Gasteiger partial charge in [-0.25, -0.2) is 9.59 Å². The van der Waals surface area contributed by atoms with Gasteiger partial charge < -0.3 is 19.3 Å². The maximum Gasteiger partial charge on any atom is 0.338 e. The lowest BCUT2D eigenvalue weighted by Crippen LogP contribution is -2.39. The van der Waals surface area contributed by atoms with E-state index in [1.807, 2.05) is 0 Å². The van der Waals surface area contributed by atoms with Crippen LogP contribution in [-0.4, -0.2) is 48.0 Å². The molecule has 7 nitrogen and oxygen atoms in total. The third kappa shape index (κ3) is 4.32. The molecule has 1 atom stereocenters. The zero-order chi connectivity index (χ0) is 19.3. The average molecular weight is 369 g/mol. The first-order valence-corrected chi connectivity index (χ1v) is 8.32. The highest BCUT2D eigenvalue weighted by Gasteiger charge is 2.44. The molecule has 0 radical (unpaired) electrons. The predicted octanol–water partition coefficient (Wildman–Crippen LogP) is 2.01. The molecule has 2 heterocycles. The summed E-state index contributed by atoms with van der Waals surface area (Å²) in [7, 11) is 1.53. The highest BCUT2D eigenvalue weighted by Crippen LogP contribution is 2.32. The van der Waals surface area contributed by atoms with Crippen LogP contribution in [0.3, 0.4) is 0 Å². The molecule has 27 heavy (non-hydrogen) atoms. The van der Waals surface area contributed by atoms with Crippen molar-refractivity contribution in [2.24, 2.45) is 0 Å². The lowest BCUT2D eigenvalue weighted by atomic mass is 9.98. The molecule has 7 heteroatoms. The number of carbonyl (C=O) groups is 2. The predicted molar refractivity (Wildman–Crippen MR) is 96.0 cm³/mol. The Labute approximate surface area is 156 Å². The van der Waals surface area contributed by atoms with E-state index in [4.69, 9.17) is 14.2 Å². The second-order valence-electron chi connectivity index (χ2n) is 6.14. The van der Waals surface area contributed by atoms with Crippen LogP contribution in [0.1, 0.15) is 22.5 Å². The lowest BCUT2D eigenvalue weighted by Gasteiger charge is -2.24. The molecule has 1 aromatic carbocycles. The number of carbonyl (C=O) groups excluding carboxylic acids is 2. The monoisotopic (exact) mass is 369 g/mol. The van der Waals surface area contributed by atoms with Crippen molar-refractivity contribution in [2.45, 2.75) is 12.0 Å². The Bertz CT molecular complexity index is 847. The summed E-state index contributed by atoms with van der Waals surface area (Å²) >= 11 is 0. The molecule has 0 aliphatic carbocycles. The van der Waals surface area contributed by atoms with Crippen molar-refractivity contribution in [3.63, 3.8) is 0 Å². The molecular formula is C20H19NO6. The van der Waals surface area contributed by atoms with E-state index in [9.17, 15) is 14.7 Å². The van der Waals surface area contributed by atoms with Gasteiger partial charge in [0.05, 0.1) is 25.0 Å². The van der Waals surface area contributed by atoms with E-state index in [0.717, 1.165) is 0 Å². The van der Waals surface area contributed by atoms with Crippen LogP contribution in [0.5, 0.6) is 5.75 Å². The van der Waals surface area contributed by atoms with Crippen LogP contribution in [-0.2, 0) is 14.3 Å². The Morgan fingerprint density at radius 1 is 1.30 bits per heavy atom. The van der Waals surface area contributed by atoms with E-state index >= 15 is 0 Å². The van der Waals surface area contributed by atoms with E-state index in [1.165, 1.54) is 7.11 Å². The molecule has 0 bridgehead atoms. The van der Waals surface area contributed by atoms with Crippen molar-refractivity contribution in [2.75, 3.05) is 20.3 Å². The van der Waals surface area contributed by atoms with Gasteiger partial charge in [0.25, 0.3) is 0 Å². The van der Waals surface area contributed by atoms with Gasteiger partial charge >= 0.3 is 11.9 Å². The number of ether oxygens (including phenoxy) is 3. The van der Waals surface area contributed by atoms with Crippen LogP contribution >= 0.6 is 0 Å². The van der Waals surface area contributed by atoms with E-state index in [0.29, 0.717) is 22.6 Å². The summed E-state index contributed by atoms with van der Waals surface area (Å²) in [6, 6.07) is 11.7. The number of esters is 2. The fourth-order valence-electron chi connectivity index (χ4n) is 2.69. The molecular weight excluding hydrogens is 350 g/mol. The number of benzene rings is 1. The van der Waals surface area contributed by atoms with Crippen molar-refractivity contribution in [3.8, 4) is 5.75 Å². The molecule has 0 spiro atoms. The number of aliphatic hydroxyl groups is 1. The molecule has 1 aliphatic rings. The van der Waals surface area contributed by atoms with Crippen molar-refractivity contribution in [1.82, 2.24) is 4.98 Å².